The first-order valence-electron chi connectivity index (χ1n) is 7.21. The van der Waals surface area contributed by atoms with Crippen molar-refractivity contribution in [3.05, 3.63) is 28.2 Å². The number of piperazine rings is 1. The Hall–Kier alpha value is -0.580. The summed E-state index contributed by atoms with van der Waals surface area (Å²) in [5.41, 5.74) is 1.43. The first-order chi connectivity index (χ1) is 9.43. The van der Waals surface area contributed by atoms with Gasteiger partial charge in [0.25, 0.3) is 0 Å². The van der Waals surface area contributed by atoms with Crippen LogP contribution in [0.25, 0.3) is 0 Å². The highest BCUT2D eigenvalue weighted by atomic mass is 79.9. The second-order valence-electron chi connectivity index (χ2n) is 6.44. The van der Waals surface area contributed by atoms with Crippen molar-refractivity contribution in [2.24, 2.45) is 5.41 Å². The molecule has 112 valence electrons. The minimum Gasteiger partial charge on any atom is -0.496 e. The quantitative estimate of drug-likeness (QED) is 0.911. The minimum absolute atomic E-state index is 0.158. The maximum Gasteiger partial charge on any atom is 0.123 e. The van der Waals surface area contributed by atoms with Crippen LogP contribution in [0.2, 0.25) is 0 Å². The Balaban J connectivity index is 2.43. The van der Waals surface area contributed by atoms with Gasteiger partial charge in [-0.25, -0.2) is 0 Å². The van der Waals surface area contributed by atoms with E-state index < -0.39 is 0 Å². The summed E-state index contributed by atoms with van der Waals surface area (Å²) in [5.74, 6) is 0.978. The number of hydrogen-bond donors (Lipinski definition) is 1. The normalized spacial score (nSPS) is 18.9. The average molecular weight is 341 g/mol. The Morgan fingerprint density at radius 2 is 1.90 bits per heavy atom. The van der Waals surface area contributed by atoms with Gasteiger partial charge in [-0.1, -0.05) is 36.7 Å². The van der Waals surface area contributed by atoms with E-state index in [1.807, 2.05) is 6.07 Å². The van der Waals surface area contributed by atoms with Crippen LogP contribution in [0.3, 0.4) is 0 Å². The summed E-state index contributed by atoms with van der Waals surface area (Å²) in [7, 11) is 1.75. The van der Waals surface area contributed by atoms with Gasteiger partial charge in [-0.2, -0.15) is 0 Å². The largest absolute Gasteiger partial charge is 0.496 e. The van der Waals surface area contributed by atoms with Crippen LogP contribution >= 0.6 is 15.9 Å². The van der Waals surface area contributed by atoms with E-state index in [2.05, 4.69) is 59.1 Å². The van der Waals surface area contributed by atoms with Gasteiger partial charge < -0.3 is 10.1 Å². The zero-order chi connectivity index (χ0) is 14.8. The molecule has 3 nitrogen and oxygen atoms in total. The van der Waals surface area contributed by atoms with E-state index in [-0.39, 0.29) is 5.41 Å². The number of methoxy groups -OCH3 is 1. The third-order valence-corrected chi connectivity index (χ3v) is 4.32. The van der Waals surface area contributed by atoms with Crippen LogP contribution in [0.4, 0.5) is 0 Å². The van der Waals surface area contributed by atoms with Crippen LogP contribution in [-0.2, 0) is 0 Å². The molecule has 0 aliphatic carbocycles. The lowest BCUT2D eigenvalue weighted by molar-refractivity contribution is 0.0841. The van der Waals surface area contributed by atoms with Gasteiger partial charge in [0.15, 0.2) is 0 Å². The molecule has 0 radical (unpaired) electrons. The fraction of sp³-hybridized carbons (Fsp3) is 0.625. The standard InChI is InChI=1S/C16H25BrN2O/c1-16(2,3)15(19-9-7-18-8-10-19)13-11-12(17)5-6-14(13)20-4/h5-6,11,15,18H,7-10H2,1-4H3/t15-/m0/s1. The fourth-order valence-corrected chi connectivity index (χ4v) is 3.45. The highest BCUT2D eigenvalue weighted by molar-refractivity contribution is 9.10. The number of rotatable bonds is 3. The van der Waals surface area contributed by atoms with Gasteiger partial charge in [-0.15, -0.1) is 0 Å². The van der Waals surface area contributed by atoms with Crippen molar-refractivity contribution in [1.29, 1.82) is 0 Å². The van der Waals surface area contributed by atoms with E-state index >= 15 is 0 Å². The second kappa shape index (κ2) is 6.46. The van der Waals surface area contributed by atoms with Gasteiger partial charge in [0.1, 0.15) is 5.75 Å². The molecule has 1 fully saturated rings. The van der Waals surface area contributed by atoms with E-state index in [4.69, 9.17) is 4.74 Å². The van der Waals surface area contributed by atoms with Gasteiger partial charge in [-0.3, -0.25) is 4.90 Å². The molecule has 0 bridgehead atoms. The Morgan fingerprint density at radius 1 is 1.25 bits per heavy atom. The van der Waals surface area contributed by atoms with E-state index in [1.54, 1.807) is 7.11 Å². The Labute approximate surface area is 130 Å². The maximum absolute atomic E-state index is 5.60. The fourth-order valence-electron chi connectivity index (χ4n) is 3.07. The van der Waals surface area contributed by atoms with Crippen molar-refractivity contribution in [1.82, 2.24) is 10.2 Å². The molecule has 1 atom stereocenters. The van der Waals surface area contributed by atoms with Crippen molar-refractivity contribution in [2.75, 3.05) is 33.3 Å². The van der Waals surface area contributed by atoms with Crippen LogP contribution < -0.4 is 10.1 Å². The Bertz CT molecular complexity index is 450. The molecule has 0 saturated carbocycles. The van der Waals surface area contributed by atoms with Crippen LogP contribution in [-0.4, -0.2) is 38.2 Å². The summed E-state index contributed by atoms with van der Waals surface area (Å²) in [6.45, 7) is 11.2. The molecular formula is C16H25BrN2O. The first kappa shape index (κ1) is 15.8. The summed E-state index contributed by atoms with van der Waals surface area (Å²) in [5, 5.41) is 3.43. The summed E-state index contributed by atoms with van der Waals surface area (Å²) < 4.78 is 6.71. The van der Waals surface area contributed by atoms with Crippen molar-refractivity contribution >= 4 is 15.9 Å². The van der Waals surface area contributed by atoms with E-state index in [1.165, 1.54) is 5.56 Å². The molecule has 0 unspecified atom stereocenters. The zero-order valence-corrected chi connectivity index (χ0v) is 14.5. The molecular weight excluding hydrogens is 316 g/mol. The van der Waals surface area contributed by atoms with Crippen LogP contribution in [0.5, 0.6) is 5.75 Å². The maximum atomic E-state index is 5.60. The van der Waals surface area contributed by atoms with Gasteiger partial charge in [0.2, 0.25) is 0 Å². The lowest BCUT2D eigenvalue weighted by Gasteiger charge is -2.43. The average Bonchev–Trinajstić information content (AvgIpc) is 2.39. The molecule has 1 aliphatic rings. The Morgan fingerprint density at radius 3 is 2.45 bits per heavy atom. The topological polar surface area (TPSA) is 24.5 Å². The van der Waals surface area contributed by atoms with Crippen molar-refractivity contribution in [3.8, 4) is 5.75 Å². The predicted octanol–water partition coefficient (Wildman–Crippen LogP) is 3.45. The number of halogens is 1. The lowest BCUT2D eigenvalue weighted by atomic mass is 9.80. The first-order valence-corrected chi connectivity index (χ1v) is 8.01. The van der Waals surface area contributed by atoms with Crippen molar-refractivity contribution in [2.45, 2.75) is 26.8 Å². The predicted molar refractivity (Wildman–Crippen MR) is 87.3 cm³/mol. The number of ether oxygens (including phenoxy) is 1. The number of nitrogens with zero attached hydrogens (tertiary/aromatic N) is 1. The molecule has 0 spiro atoms. The lowest BCUT2D eigenvalue weighted by Crippen LogP contribution is -2.48. The third kappa shape index (κ3) is 3.54. The molecule has 0 amide bonds. The molecule has 2 rings (SSSR count). The zero-order valence-electron chi connectivity index (χ0n) is 12.9. The molecule has 1 saturated heterocycles. The molecule has 1 aromatic rings. The van der Waals surface area contributed by atoms with Gasteiger partial charge >= 0.3 is 0 Å². The third-order valence-electron chi connectivity index (χ3n) is 3.82. The smallest absolute Gasteiger partial charge is 0.123 e. The van der Waals surface area contributed by atoms with Crippen LogP contribution in [0.15, 0.2) is 22.7 Å². The second-order valence-corrected chi connectivity index (χ2v) is 7.36. The van der Waals surface area contributed by atoms with E-state index in [0.29, 0.717) is 6.04 Å². The van der Waals surface area contributed by atoms with Crippen LogP contribution in [0, 0.1) is 5.41 Å². The summed E-state index contributed by atoms with van der Waals surface area (Å²) in [6, 6.07) is 6.66. The summed E-state index contributed by atoms with van der Waals surface area (Å²) in [4.78, 5) is 2.57. The van der Waals surface area contributed by atoms with E-state index in [0.717, 1.165) is 36.4 Å². The highest BCUT2D eigenvalue weighted by Gasteiger charge is 2.34. The van der Waals surface area contributed by atoms with Crippen molar-refractivity contribution in [3.63, 3.8) is 0 Å². The van der Waals surface area contributed by atoms with Gasteiger partial charge in [-0.05, 0) is 23.6 Å². The Kier molecular flexibility index (Phi) is 5.10. The summed E-state index contributed by atoms with van der Waals surface area (Å²) >= 11 is 3.60. The highest BCUT2D eigenvalue weighted by Crippen LogP contribution is 2.42. The molecule has 0 aromatic heterocycles. The SMILES string of the molecule is COc1ccc(Br)cc1[C@H](N1CCNCC1)C(C)(C)C. The van der Waals surface area contributed by atoms with Gasteiger partial charge in [0.05, 0.1) is 7.11 Å². The molecule has 1 aromatic carbocycles. The molecule has 1 heterocycles. The number of nitrogens with one attached hydrogen (secondary N) is 1. The van der Waals surface area contributed by atoms with E-state index in [9.17, 15) is 0 Å². The monoisotopic (exact) mass is 340 g/mol. The van der Waals surface area contributed by atoms with Crippen LogP contribution in [0.1, 0.15) is 32.4 Å². The van der Waals surface area contributed by atoms with Crippen molar-refractivity contribution < 1.29 is 4.74 Å². The molecule has 1 aliphatic heterocycles. The summed E-state index contributed by atoms with van der Waals surface area (Å²) in [6.07, 6.45) is 0. The number of benzene rings is 1. The molecule has 4 heteroatoms. The molecule has 1 N–H and O–H groups in total. The van der Waals surface area contributed by atoms with Gasteiger partial charge in [0, 0.05) is 42.3 Å². The molecule has 20 heavy (non-hydrogen) atoms. The number of hydrogen-bond acceptors (Lipinski definition) is 3. The minimum atomic E-state index is 0.158.